The highest BCUT2D eigenvalue weighted by Gasteiger charge is 2.22. The van der Waals surface area contributed by atoms with Gasteiger partial charge in [-0.3, -0.25) is 0 Å². The minimum Gasteiger partial charge on any atom is -0.310 e. The van der Waals surface area contributed by atoms with Gasteiger partial charge >= 0.3 is 0 Å². The predicted molar refractivity (Wildman–Crippen MR) is 81.1 cm³/mol. The summed E-state index contributed by atoms with van der Waals surface area (Å²) in [5, 5.41) is 3.43. The summed E-state index contributed by atoms with van der Waals surface area (Å²) >= 11 is 0. The van der Waals surface area contributed by atoms with E-state index in [9.17, 15) is 8.42 Å². The van der Waals surface area contributed by atoms with Crippen LogP contribution in [0.15, 0.2) is 23.1 Å². The second kappa shape index (κ2) is 6.24. The number of benzene rings is 1. The fourth-order valence-corrected chi connectivity index (χ4v) is 3.71. The molecule has 112 valence electrons. The zero-order valence-electron chi connectivity index (χ0n) is 12.4. The van der Waals surface area contributed by atoms with Crippen molar-refractivity contribution in [1.29, 1.82) is 0 Å². The maximum atomic E-state index is 12.4. The maximum Gasteiger partial charge on any atom is 0.241 e. The Morgan fingerprint density at radius 3 is 2.65 bits per heavy atom. The Kier molecular flexibility index (Phi) is 4.83. The molecule has 1 saturated carbocycles. The normalized spacial score (nSPS) is 17.1. The molecule has 2 N–H and O–H groups in total. The number of sulfonamides is 1. The molecule has 1 unspecified atom stereocenters. The lowest BCUT2D eigenvalue weighted by molar-refractivity contribution is 0.555. The summed E-state index contributed by atoms with van der Waals surface area (Å²) in [7, 11) is -3.43. The fraction of sp³-hybridized carbons (Fsp3) is 0.600. The van der Waals surface area contributed by atoms with Gasteiger partial charge in [-0.2, -0.15) is 0 Å². The van der Waals surface area contributed by atoms with Crippen molar-refractivity contribution >= 4 is 10.0 Å². The third-order valence-electron chi connectivity index (χ3n) is 3.81. The van der Waals surface area contributed by atoms with E-state index in [-0.39, 0.29) is 6.04 Å². The third-order valence-corrected chi connectivity index (χ3v) is 5.55. The van der Waals surface area contributed by atoms with E-state index in [0.29, 0.717) is 10.9 Å². The van der Waals surface area contributed by atoms with E-state index in [2.05, 4.69) is 10.0 Å². The Morgan fingerprint density at radius 2 is 2.05 bits per heavy atom. The molecular formula is C15H24N2O2S. The molecule has 4 nitrogen and oxygen atoms in total. The van der Waals surface area contributed by atoms with Gasteiger partial charge in [-0.1, -0.05) is 19.1 Å². The Hall–Kier alpha value is -0.910. The molecule has 0 heterocycles. The van der Waals surface area contributed by atoms with Gasteiger partial charge in [0.15, 0.2) is 0 Å². The first-order valence-corrected chi connectivity index (χ1v) is 8.76. The van der Waals surface area contributed by atoms with E-state index < -0.39 is 10.0 Å². The van der Waals surface area contributed by atoms with Crippen LogP contribution in [0.25, 0.3) is 0 Å². The Labute approximate surface area is 122 Å². The molecule has 5 heteroatoms. The van der Waals surface area contributed by atoms with E-state index in [0.717, 1.165) is 24.1 Å². The molecule has 1 aromatic rings. The van der Waals surface area contributed by atoms with Crippen molar-refractivity contribution in [2.75, 3.05) is 0 Å². The van der Waals surface area contributed by atoms with Crippen molar-refractivity contribution in [3.05, 3.63) is 29.3 Å². The van der Waals surface area contributed by atoms with Crippen LogP contribution in [0.2, 0.25) is 0 Å². The van der Waals surface area contributed by atoms with Crippen LogP contribution >= 0.6 is 0 Å². The molecule has 0 saturated heterocycles. The fourth-order valence-electron chi connectivity index (χ4n) is 2.10. The van der Waals surface area contributed by atoms with Crippen molar-refractivity contribution in [2.45, 2.75) is 63.6 Å². The molecule has 0 radical (unpaired) electrons. The summed E-state index contributed by atoms with van der Waals surface area (Å²) in [6.45, 7) is 6.47. The van der Waals surface area contributed by atoms with Crippen LogP contribution < -0.4 is 10.0 Å². The molecule has 1 fully saturated rings. The predicted octanol–water partition coefficient (Wildman–Crippen LogP) is 2.32. The number of nitrogens with one attached hydrogen (secondary N) is 2. The van der Waals surface area contributed by atoms with Gasteiger partial charge < -0.3 is 5.32 Å². The van der Waals surface area contributed by atoms with Crippen LogP contribution in [0.4, 0.5) is 0 Å². The van der Waals surface area contributed by atoms with Gasteiger partial charge in [-0.05, 0) is 50.3 Å². The smallest absolute Gasteiger partial charge is 0.241 e. The second-order valence-corrected chi connectivity index (χ2v) is 7.31. The number of hydrogen-bond acceptors (Lipinski definition) is 3. The lowest BCUT2D eigenvalue weighted by Crippen LogP contribution is -2.32. The van der Waals surface area contributed by atoms with Gasteiger partial charge in [0.25, 0.3) is 0 Å². The van der Waals surface area contributed by atoms with Gasteiger partial charge in [0, 0.05) is 18.6 Å². The quantitative estimate of drug-likeness (QED) is 0.812. The molecular weight excluding hydrogens is 272 g/mol. The molecule has 0 bridgehead atoms. The summed E-state index contributed by atoms with van der Waals surface area (Å²) in [4.78, 5) is 0.396. The highest BCUT2D eigenvalue weighted by atomic mass is 32.2. The highest BCUT2D eigenvalue weighted by molar-refractivity contribution is 7.89. The molecule has 1 aromatic carbocycles. The zero-order chi connectivity index (χ0) is 14.8. The number of hydrogen-bond donors (Lipinski definition) is 2. The van der Waals surface area contributed by atoms with Gasteiger partial charge in [0.2, 0.25) is 10.0 Å². The molecule has 2 rings (SSSR count). The Bertz CT molecular complexity index is 565. The van der Waals surface area contributed by atoms with Crippen LogP contribution in [0.5, 0.6) is 0 Å². The minimum atomic E-state index is -3.43. The largest absolute Gasteiger partial charge is 0.310 e. The molecule has 20 heavy (non-hydrogen) atoms. The van der Waals surface area contributed by atoms with E-state index in [4.69, 9.17) is 0 Å². The van der Waals surface area contributed by atoms with E-state index in [1.165, 1.54) is 12.8 Å². The number of rotatable bonds is 7. The van der Waals surface area contributed by atoms with Crippen molar-refractivity contribution in [1.82, 2.24) is 10.0 Å². The van der Waals surface area contributed by atoms with Gasteiger partial charge in [0.1, 0.15) is 0 Å². The lowest BCUT2D eigenvalue weighted by atomic mass is 10.1. The molecule has 1 atom stereocenters. The molecule has 0 amide bonds. The molecule has 0 aliphatic heterocycles. The topological polar surface area (TPSA) is 58.2 Å². The average Bonchev–Trinajstić information content (AvgIpc) is 3.20. The van der Waals surface area contributed by atoms with E-state index in [1.807, 2.05) is 32.9 Å². The van der Waals surface area contributed by atoms with Crippen molar-refractivity contribution in [2.24, 2.45) is 0 Å². The van der Waals surface area contributed by atoms with E-state index >= 15 is 0 Å². The average molecular weight is 296 g/mol. The van der Waals surface area contributed by atoms with Gasteiger partial charge in [-0.25, -0.2) is 13.1 Å². The minimum absolute atomic E-state index is 0.0485. The van der Waals surface area contributed by atoms with Crippen LogP contribution in [0.3, 0.4) is 0 Å². The molecule has 0 aromatic heterocycles. The summed E-state index contributed by atoms with van der Waals surface area (Å²) < 4.78 is 27.5. The standard InChI is InChI=1S/C15H24N2O2S/c1-4-11(2)17-20(18,19)15-7-5-6-13(12(15)3)10-16-14-8-9-14/h5-7,11,14,16-17H,4,8-10H2,1-3H3. The van der Waals surface area contributed by atoms with Gasteiger partial charge in [-0.15, -0.1) is 0 Å². The first-order valence-electron chi connectivity index (χ1n) is 7.28. The Morgan fingerprint density at radius 1 is 1.35 bits per heavy atom. The Balaban J connectivity index is 2.19. The third kappa shape index (κ3) is 3.81. The highest BCUT2D eigenvalue weighted by Crippen LogP contribution is 2.22. The zero-order valence-corrected chi connectivity index (χ0v) is 13.3. The van der Waals surface area contributed by atoms with Crippen molar-refractivity contribution in [3.63, 3.8) is 0 Å². The summed E-state index contributed by atoms with van der Waals surface area (Å²) in [5.41, 5.74) is 1.90. The van der Waals surface area contributed by atoms with Crippen LogP contribution in [-0.2, 0) is 16.6 Å². The van der Waals surface area contributed by atoms with Crippen LogP contribution in [-0.4, -0.2) is 20.5 Å². The van der Waals surface area contributed by atoms with Gasteiger partial charge in [0.05, 0.1) is 4.90 Å². The molecule has 1 aliphatic rings. The second-order valence-electron chi connectivity index (χ2n) is 5.63. The summed E-state index contributed by atoms with van der Waals surface area (Å²) in [6, 6.07) is 6.07. The first kappa shape index (κ1) is 15.5. The monoisotopic (exact) mass is 296 g/mol. The maximum absolute atomic E-state index is 12.4. The van der Waals surface area contributed by atoms with Crippen molar-refractivity contribution < 1.29 is 8.42 Å². The SMILES string of the molecule is CCC(C)NS(=O)(=O)c1cccc(CNC2CC2)c1C. The molecule has 0 spiro atoms. The van der Waals surface area contributed by atoms with Crippen molar-refractivity contribution in [3.8, 4) is 0 Å². The first-order chi connectivity index (χ1) is 9.44. The van der Waals surface area contributed by atoms with Crippen LogP contribution in [0.1, 0.15) is 44.2 Å². The van der Waals surface area contributed by atoms with E-state index in [1.54, 1.807) is 6.07 Å². The molecule has 1 aliphatic carbocycles. The summed E-state index contributed by atoms with van der Waals surface area (Å²) in [6.07, 6.45) is 3.24. The lowest BCUT2D eigenvalue weighted by Gasteiger charge is -2.16. The van der Waals surface area contributed by atoms with Crippen LogP contribution in [0, 0.1) is 6.92 Å². The summed E-state index contributed by atoms with van der Waals surface area (Å²) in [5.74, 6) is 0.